The van der Waals surface area contributed by atoms with E-state index in [-0.39, 0.29) is 24.8 Å². The van der Waals surface area contributed by atoms with Crippen LogP contribution in [-0.4, -0.2) is 30.0 Å². The molecular formula is C22H19ClN2O3. The van der Waals surface area contributed by atoms with Crippen LogP contribution in [0.1, 0.15) is 21.6 Å². The van der Waals surface area contributed by atoms with Crippen molar-refractivity contribution in [1.82, 2.24) is 9.88 Å². The van der Waals surface area contributed by atoms with Crippen LogP contribution in [0.15, 0.2) is 42.5 Å². The molecule has 1 aromatic heterocycles. The van der Waals surface area contributed by atoms with E-state index in [9.17, 15) is 9.59 Å². The second kappa shape index (κ2) is 8.20. The van der Waals surface area contributed by atoms with E-state index in [4.69, 9.17) is 22.8 Å². The van der Waals surface area contributed by atoms with Crippen LogP contribution < -0.4 is 10.1 Å². The summed E-state index contributed by atoms with van der Waals surface area (Å²) in [5, 5.41) is 4.01. The average Bonchev–Trinajstić information content (AvgIpc) is 2.97. The smallest absolute Gasteiger partial charge is 0.262 e. The van der Waals surface area contributed by atoms with Crippen molar-refractivity contribution in [3.05, 3.63) is 64.3 Å². The lowest BCUT2D eigenvalue weighted by atomic mass is 10.1. The number of nitrogens with zero attached hydrogens (tertiary/aromatic N) is 1. The highest BCUT2D eigenvalue weighted by Crippen LogP contribution is 2.30. The highest BCUT2D eigenvalue weighted by atomic mass is 35.5. The third-order valence-corrected chi connectivity index (χ3v) is 4.81. The molecule has 5 nitrogen and oxygen atoms in total. The van der Waals surface area contributed by atoms with Gasteiger partial charge in [-0.2, -0.15) is 0 Å². The quantitative estimate of drug-likeness (QED) is 0.673. The molecule has 0 spiro atoms. The Morgan fingerprint density at radius 2 is 1.93 bits per heavy atom. The van der Waals surface area contributed by atoms with Gasteiger partial charge < -0.3 is 10.1 Å². The predicted octanol–water partition coefficient (Wildman–Crippen LogP) is 3.59. The predicted molar refractivity (Wildman–Crippen MR) is 110 cm³/mol. The topological polar surface area (TPSA) is 60.3 Å². The molecule has 0 fully saturated rings. The highest BCUT2D eigenvalue weighted by Gasteiger charge is 2.21. The van der Waals surface area contributed by atoms with Gasteiger partial charge in [-0.25, -0.2) is 0 Å². The molecule has 0 aliphatic carbocycles. The Kier molecular flexibility index (Phi) is 5.72. The lowest BCUT2D eigenvalue weighted by Gasteiger charge is -2.08. The largest absolute Gasteiger partial charge is 0.497 e. The Hall–Kier alpha value is -3.23. The summed E-state index contributed by atoms with van der Waals surface area (Å²) in [5.41, 5.74) is 2.66. The maximum Gasteiger partial charge on any atom is 0.262 e. The summed E-state index contributed by atoms with van der Waals surface area (Å²) in [7, 11) is 1.57. The first-order chi connectivity index (χ1) is 13.5. The van der Waals surface area contributed by atoms with E-state index in [1.54, 1.807) is 42.0 Å². The number of methoxy groups -OCH3 is 1. The van der Waals surface area contributed by atoms with Crippen molar-refractivity contribution in [3.8, 4) is 18.1 Å². The minimum Gasteiger partial charge on any atom is -0.497 e. The van der Waals surface area contributed by atoms with Crippen molar-refractivity contribution in [3.63, 3.8) is 0 Å². The van der Waals surface area contributed by atoms with Crippen LogP contribution in [0.5, 0.6) is 5.75 Å². The van der Waals surface area contributed by atoms with Gasteiger partial charge >= 0.3 is 0 Å². The van der Waals surface area contributed by atoms with Crippen molar-refractivity contribution >= 4 is 34.3 Å². The van der Waals surface area contributed by atoms with Gasteiger partial charge in [0.05, 0.1) is 25.6 Å². The SMILES string of the molecule is C#CCNC(=O)Cc1c(C)n(C(=O)c2ccc(Cl)cc2)c2ccc(OC)cc12. The van der Waals surface area contributed by atoms with Crippen molar-refractivity contribution in [1.29, 1.82) is 0 Å². The van der Waals surface area contributed by atoms with Gasteiger partial charge in [0.25, 0.3) is 5.91 Å². The van der Waals surface area contributed by atoms with Gasteiger partial charge in [-0.1, -0.05) is 17.5 Å². The van der Waals surface area contributed by atoms with Crippen molar-refractivity contribution < 1.29 is 14.3 Å². The number of ether oxygens (including phenoxy) is 1. The third-order valence-electron chi connectivity index (χ3n) is 4.56. The maximum absolute atomic E-state index is 13.2. The highest BCUT2D eigenvalue weighted by molar-refractivity contribution is 6.30. The Morgan fingerprint density at radius 1 is 1.21 bits per heavy atom. The number of nitrogens with one attached hydrogen (secondary N) is 1. The number of rotatable bonds is 5. The van der Waals surface area contributed by atoms with Gasteiger partial charge in [-0.15, -0.1) is 6.42 Å². The molecule has 0 saturated carbocycles. The second-order valence-corrected chi connectivity index (χ2v) is 6.69. The molecule has 0 unspecified atom stereocenters. The Bertz CT molecular complexity index is 1090. The molecule has 3 aromatic rings. The lowest BCUT2D eigenvalue weighted by Crippen LogP contribution is -2.25. The number of amides is 1. The van der Waals surface area contributed by atoms with E-state index < -0.39 is 0 Å². The zero-order chi connectivity index (χ0) is 20.3. The first-order valence-electron chi connectivity index (χ1n) is 8.64. The number of carbonyl (C=O) groups is 2. The zero-order valence-corrected chi connectivity index (χ0v) is 16.3. The van der Waals surface area contributed by atoms with E-state index >= 15 is 0 Å². The van der Waals surface area contributed by atoms with E-state index in [1.807, 2.05) is 19.1 Å². The normalized spacial score (nSPS) is 10.5. The fourth-order valence-corrected chi connectivity index (χ4v) is 3.29. The molecular weight excluding hydrogens is 376 g/mol. The number of hydrogen-bond donors (Lipinski definition) is 1. The molecule has 0 aliphatic heterocycles. The fourth-order valence-electron chi connectivity index (χ4n) is 3.17. The molecule has 1 N–H and O–H groups in total. The minimum atomic E-state index is -0.207. The number of aromatic nitrogens is 1. The Labute approximate surface area is 168 Å². The summed E-state index contributed by atoms with van der Waals surface area (Å²) in [6.45, 7) is 1.98. The van der Waals surface area contributed by atoms with Crippen LogP contribution in [0, 0.1) is 19.3 Å². The average molecular weight is 395 g/mol. The van der Waals surface area contributed by atoms with Crippen LogP contribution in [-0.2, 0) is 11.2 Å². The van der Waals surface area contributed by atoms with Crippen molar-refractivity contribution in [2.45, 2.75) is 13.3 Å². The Morgan fingerprint density at radius 3 is 2.57 bits per heavy atom. The third kappa shape index (κ3) is 3.73. The summed E-state index contributed by atoms with van der Waals surface area (Å²) < 4.78 is 6.93. The molecule has 28 heavy (non-hydrogen) atoms. The molecule has 0 atom stereocenters. The molecule has 2 aromatic carbocycles. The zero-order valence-electron chi connectivity index (χ0n) is 15.6. The van der Waals surface area contributed by atoms with Gasteiger partial charge in [0.2, 0.25) is 5.91 Å². The monoisotopic (exact) mass is 394 g/mol. The Balaban J connectivity index is 2.13. The molecule has 142 valence electrons. The van der Waals surface area contributed by atoms with Crippen LogP contribution in [0.3, 0.4) is 0 Å². The van der Waals surface area contributed by atoms with Crippen molar-refractivity contribution in [2.75, 3.05) is 13.7 Å². The second-order valence-electron chi connectivity index (χ2n) is 6.25. The number of fused-ring (bicyclic) bond motifs is 1. The van der Waals surface area contributed by atoms with Crippen LogP contribution in [0.25, 0.3) is 10.9 Å². The fraction of sp³-hybridized carbons (Fsp3) is 0.182. The minimum absolute atomic E-state index is 0.109. The molecule has 3 rings (SSSR count). The lowest BCUT2D eigenvalue weighted by molar-refractivity contribution is -0.120. The summed E-state index contributed by atoms with van der Waals surface area (Å²) in [4.78, 5) is 25.4. The number of halogens is 1. The molecule has 1 amide bonds. The molecule has 6 heteroatoms. The van der Waals surface area contributed by atoms with Gasteiger partial charge in [0.15, 0.2) is 0 Å². The summed E-state index contributed by atoms with van der Waals surface area (Å²) in [6.07, 6.45) is 5.32. The number of terminal acetylenes is 1. The van der Waals surface area contributed by atoms with Crippen LogP contribution in [0.2, 0.25) is 5.02 Å². The number of benzene rings is 2. The summed E-state index contributed by atoms with van der Waals surface area (Å²) in [6, 6.07) is 12.1. The van der Waals surface area contributed by atoms with Gasteiger partial charge in [0.1, 0.15) is 5.75 Å². The molecule has 1 heterocycles. The molecule has 0 saturated heterocycles. The van der Waals surface area contributed by atoms with Gasteiger partial charge in [0, 0.05) is 21.7 Å². The first-order valence-corrected chi connectivity index (χ1v) is 9.02. The summed E-state index contributed by atoms with van der Waals surface area (Å²) >= 11 is 5.93. The standard InChI is InChI=1S/C22H19ClN2O3/c1-4-11-24-21(26)13-18-14(2)25(20-10-9-17(28-3)12-19(18)20)22(27)15-5-7-16(23)8-6-15/h1,5-10,12H,11,13H2,2-3H3,(H,24,26). The first kappa shape index (κ1) is 19.5. The van der Waals surface area contributed by atoms with E-state index in [1.165, 1.54) is 0 Å². The molecule has 0 bridgehead atoms. The van der Waals surface area contributed by atoms with E-state index in [0.717, 1.165) is 10.9 Å². The number of hydrogen-bond acceptors (Lipinski definition) is 3. The van der Waals surface area contributed by atoms with Crippen LogP contribution >= 0.6 is 11.6 Å². The van der Waals surface area contributed by atoms with Crippen molar-refractivity contribution in [2.24, 2.45) is 0 Å². The molecule has 0 radical (unpaired) electrons. The van der Waals surface area contributed by atoms with Gasteiger partial charge in [-0.3, -0.25) is 14.2 Å². The van der Waals surface area contributed by atoms with Crippen LogP contribution in [0.4, 0.5) is 0 Å². The maximum atomic E-state index is 13.2. The number of carbonyl (C=O) groups excluding carboxylic acids is 2. The van der Waals surface area contributed by atoms with E-state index in [2.05, 4.69) is 11.2 Å². The molecule has 0 aliphatic rings. The van der Waals surface area contributed by atoms with E-state index in [0.29, 0.717) is 27.5 Å². The van der Waals surface area contributed by atoms with Gasteiger partial charge in [-0.05, 0) is 55.0 Å². The summed E-state index contributed by atoms with van der Waals surface area (Å²) in [5.74, 6) is 2.63.